The fraction of sp³-hybridized carbons (Fsp3) is 0.409. The zero-order valence-electron chi connectivity index (χ0n) is 16.8. The summed E-state index contributed by atoms with van der Waals surface area (Å²) in [4.78, 5) is 16.7. The van der Waals surface area contributed by atoms with E-state index in [0.717, 1.165) is 12.5 Å². The first-order chi connectivity index (χ1) is 14.2. The number of rotatable bonds is 6. The zero-order chi connectivity index (χ0) is 21.7. The van der Waals surface area contributed by atoms with Crippen LogP contribution in [0.1, 0.15) is 25.3 Å². The number of nitrogens with zero attached hydrogens (tertiary/aromatic N) is 2. The Labute approximate surface area is 185 Å². The van der Waals surface area contributed by atoms with E-state index in [2.05, 4.69) is 5.32 Å². The zero-order valence-corrected chi connectivity index (χ0v) is 18.3. The largest absolute Gasteiger partial charge is 0.322 e. The number of hydrogen-bond acceptors (Lipinski definition) is 2. The van der Waals surface area contributed by atoms with Crippen LogP contribution in [0.3, 0.4) is 0 Å². The molecule has 4 nitrogen and oxygen atoms in total. The average Bonchev–Trinajstić information content (AvgIpc) is 2.69. The molecule has 2 aromatic carbocycles. The Balaban J connectivity index is 1.72. The monoisotopic (exact) mass is 455 g/mol. The summed E-state index contributed by atoms with van der Waals surface area (Å²) in [5, 5.41) is 3.66. The van der Waals surface area contributed by atoms with Crippen LogP contribution in [0, 0.1) is 0 Å². The van der Waals surface area contributed by atoms with Gasteiger partial charge in [0.25, 0.3) is 5.92 Å². The Morgan fingerprint density at radius 1 is 1.13 bits per heavy atom. The van der Waals surface area contributed by atoms with Crippen molar-refractivity contribution in [2.24, 2.45) is 0 Å². The third-order valence-corrected chi connectivity index (χ3v) is 5.87. The van der Waals surface area contributed by atoms with Crippen LogP contribution in [0.2, 0.25) is 10.0 Å². The highest BCUT2D eigenvalue weighted by Gasteiger charge is 2.32. The highest BCUT2D eigenvalue weighted by molar-refractivity contribution is 6.42. The van der Waals surface area contributed by atoms with E-state index in [-0.39, 0.29) is 18.6 Å². The van der Waals surface area contributed by atoms with Crippen molar-refractivity contribution < 1.29 is 13.6 Å². The van der Waals surface area contributed by atoms with Crippen LogP contribution in [0.25, 0.3) is 0 Å². The summed E-state index contributed by atoms with van der Waals surface area (Å²) in [7, 11) is 0. The van der Waals surface area contributed by atoms with Crippen LogP contribution in [0.15, 0.2) is 48.5 Å². The summed E-state index contributed by atoms with van der Waals surface area (Å²) < 4.78 is 26.7. The van der Waals surface area contributed by atoms with E-state index in [1.807, 2.05) is 30.3 Å². The second kappa shape index (κ2) is 9.94. The third-order valence-electron chi connectivity index (χ3n) is 5.13. The summed E-state index contributed by atoms with van der Waals surface area (Å²) in [6, 6.07) is 14.3. The number of alkyl halides is 2. The van der Waals surface area contributed by atoms with Gasteiger partial charge < -0.3 is 10.2 Å². The molecule has 0 bridgehead atoms. The first kappa shape index (κ1) is 22.8. The molecule has 162 valence electrons. The minimum Gasteiger partial charge on any atom is -0.317 e. The van der Waals surface area contributed by atoms with Gasteiger partial charge in [0.1, 0.15) is 0 Å². The number of halogens is 4. The normalized spacial score (nSPS) is 15.8. The second-order valence-electron chi connectivity index (χ2n) is 7.75. The number of likely N-dealkylation sites (tertiary alicyclic amines) is 1. The predicted molar refractivity (Wildman–Crippen MR) is 118 cm³/mol. The molecule has 1 heterocycles. The molecular weight excluding hydrogens is 431 g/mol. The van der Waals surface area contributed by atoms with Gasteiger partial charge in [-0.2, -0.15) is 0 Å². The van der Waals surface area contributed by atoms with Gasteiger partial charge in [-0.1, -0.05) is 53.5 Å². The Morgan fingerprint density at radius 3 is 2.40 bits per heavy atom. The molecule has 0 saturated carbocycles. The number of carbonyl (C=O) groups is 1. The molecule has 0 unspecified atom stereocenters. The lowest BCUT2D eigenvalue weighted by Crippen LogP contribution is -2.50. The highest BCUT2D eigenvalue weighted by atomic mass is 35.5. The third kappa shape index (κ3) is 6.56. The number of amides is 2. The smallest absolute Gasteiger partial charge is 0.317 e. The topological polar surface area (TPSA) is 35.6 Å². The molecule has 1 fully saturated rings. The molecule has 0 aromatic heterocycles. The van der Waals surface area contributed by atoms with Crippen LogP contribution >= 0.6 is 23.2 Å². The van der Waals surface area contributed by atoms with Crippen LogP contribution in [0.5, 0.6) is 0 Å². The fourth-order valence-electron chi connectivity index (χ4n) is 3.70. The Morgan fingerprint density at radius 2 is 1.80 bits per heavy atom. The van der Waals surface area contributed by atoms with Crippen molar-refractivity contribution in [1.29, 1.82) is 0 Å². The van der Waals surface area contributed by atoms with Gasteiger partial charge in [-0.05, 0) is 36.6 Å². The standard InChI is InChI=1S/C22H25Cl2F2N3O/c1-22(25,26)15-28-11-9-18(10-12-28)29(14-16-5-3-2-4-6-16)21(30)27-17-7-8-19(23)20(24)13-17/h2-8,13,18H,9-12,14-15H2,1H3,(H,27,30). The Hall–Kier alpha value is -1.89. The summed E-state index contributed by atoms with van der Waals surface area (Å²) in [6.45, 7) is 2.17. The summed E-state index contributed by atoms with van der Waals surface area (Å²) in [6.07, 6.45) is 1.27. The van der Waals surface area contributed by atoms with Gasteiger partial charge in [0, 0.05) is 38.3 Å². The van der Waals surface area contributed by atoms with Crippen molar-refractivity contribution in [3.05, 3.63) is 64.1 Å². The van der Waals surface area contributed by atoms with Crippen molar-refractivity contribution in [1.82, 2.24) is 9.80 Å². The molecule has 1 saturated heterocycles. The van der Waals surface area contributed by atoms with Crippen molar-refractivity contribution in [3.63, 3.8) is 0 Å². The summed E-state index contributed by atoms with van der Waals surface area (Å²) in [5.74, 6) is -2.72. The molecule has 3 rings (SSSR count). The molecule has 0 aliphatic carbocycles. The first-order valence-electron chi connectivity index (χ1n) is 9.88. The maximum absolute atomic E-state index is 13.3. The van der Waals surface area contributed by atoms with Crippen LogP contribution in [0.4, 0.5) is 19.3 Å². The molecule has 1 N–H and O–H groups in total. The maximum atomic E-state index is 13.3. The molecule has 8 heteroatoms. The summed E-state index contributed by atoms with van der Waals surface area (Å²) in [5.41, 5.74) is 1.56. The van der Waals surface area contributed by atoms with Gasteiger partial charge in [0.15, 0.2) is 0 Å². The molecule has 0 radical (unpaired) electrons. The van der Waals surface area contributed by atoms with Crippen LogP contribution < -0.4 is 5.32 Å². The lowest BCUT2D eigenvalue weighted by molar-refractivity contribution is -0.0240. The van der Waals surface area contributed by atoms with Gasteiger partial charge in [0.2, 0.25) is 0 Å². The van der Waals surface area contributed by atoms with E-state index < -0.39 is 5.92 Å². The molecular formula is C22H25Cl2F2N3O. The number of carbonyl (C=O) groups excluding carboxylic acids is 1. The first-order valence-corrected chi connectivity index (χ1v) is 10.6. The minimum absolute atomic E-state index is 0.0466. The molecule has 30 heavy (non-hydrogen) atoms. The van der Waals surface area contributed by atoms with E-state index in [1.165, 1.54) is 0 Å². The summed E-state index contributed by atoms with van der Waals surface area (Å²) >= 11 is 12.0. The van der Waals surface area contributed by atoms with Crippen LogP contribution in [-0.4, -0.2) is 47.4 Å². The number of hydrogen-bond donors (Lipinski definition) is 1. The van der Waals surface area contributed by atoms with E-state index >= 15 is 0 Å². The Kier molecular flexibility index (Phi) is 7.55. The number of nitrogens with one attached hydrogen (secondary N) is 1. The molecule has 2 aromatic rings. The van der Waals surface area contributed by atoms with Gasteiger partial charge in [-0.15, -0.1) is 0 Å². The lowest BCUT2D eigenvalue weighted by Gasteiger charge is -2.39. The molecule has 0 spiro atoms. The van der Waals surface area contributed by atoms with Gasteiger partial charge in [0.05, 0.1) is 16.6 Å². The van der Waals surface area contributed by atoms with Crippen LogP contribution in [-0.2, 0) is 6.54 Å². The van der Waals surface area contributed by atoms with Gasteiger partial charge in [-0.25, -0.2) is 13.6 Å². The molecule has 1 aliphatic rings. The van der Waals surface area contributed by atoms with Crippen molar-refractivity contribution in [2.75, 3.05) is 25.0 Å². The van der Waals surface area contributed by atoms with Crippen molar-refractivity contribution in [3.8, 4) is 0 Å². The van der Waals surface area contributed by atoms with E-state index in [9.17, 15) is 13.6 Å². The SMILES string of the molecule is CC(F)(F)CN1CCC(N(Cc2ccccc2)C(=O)Nc2ccc(Cl)c(Cl)c2)CC1. The molecule has 2 amide bonds. The van der Waals surface area contributed by atoms with Crippen molar-refractivity contribution >= 4 is 34.9 Å². The van der Waals surface area contributed by atoms with E-state index in [0.29, 0.717) is 48.2 Å². The second-order valence-corrected chi connectivity index (χ2v) is 8.56. The number of urea groups is 1. The molecule has 1 aliphatic heterocycles. The van der Waals surface area contributed by atoms with E-state index in [1.54, 1.807) is 28.0 Å². The highest BCUT2D eigenvalue weighted by Crippen LogP contribution is 2.27. The predicted octanol–water partition coefficient (Wildman–Crippen LogP) is 6.15. The number of benzene rings is 2. The fourth-order valence-corrected chi connectivity index (χ4v) is 4.00. The lowest BCUT2D eigenvalue weighted by atomic mass is 10.0. The average molecular weight is 456 g/mol. The van der Waals surface area contributed by atoms with Gasteiger partial charge >= 0.3 is 6.03 Å². The quantitative estimate of drug-likeness (QED) is 0.566. The number of anilines is 1. The van der Waals surface area contributed by atoms with E-state index in [4.69, 9.17) is 23.2 Å². The minimum atomic E-state index is -2.72. The maximum Gasteiger partial charge on any atom is 0.322 e. The molecule has 0 atom stereocenters. The van der Waals surface area contributed by atoms with Gasteiger partial charge in [-0.3, -0.25) is 4.90 Å². The Bertz CT molecular complexity index is 853. The van der Waals surface area contributed by atoms with Crippen molar-refractivity contribution in [2.45, 2.75) is 38.3 Å². The number of piperidine rings is 1.